The number of phenolic OH excluding ortho intramolecular Hbond substituents is 1. The summed E-state index contributed by atoms with van der Waals surface area (Å²) in [5, 5.41) is 13.1. The van der Waals surface area contributed by atoms with E-state index in [1.54, 1.807) is 55.6 Å². The van der Waals surface area contributed by atoms with Gasteiger partial charge in [0.15, 0.2) is 11.5 Å². The fraction of sp³-hybridized carbons (Fsp3) is 0.333. The fourth-order valence-electron chi connectivity index (χ4n) is 5.04. The molecule has 5 rings (SSSR count). The molecule has 8 nitrogen and oxygen atoms in total. The smallest absolute Gasteiger partial charge is 0.272 e. The number of methoxy groups -OCH3 is 1. The average molecular weight is 517 g/mol. The summed E-state index contributed by atoms with van der Waals surface area (Å²) in [5.74, 6) is 1.03. The zero-order valence-electron chi connectivity index (χ0n) is 21.3. The van der Waals surface area contributed by atoms with Gasteiger partial charge in [-0.2, -0.15) is 0 Å². The average Bonchev–Trinajstić information content (AvgIpc) is 2.96. The molecule has 1 aliphatic carbocycles. The highest BCUT2D eigenvalue weighted by molar-refractivity contribution is 6.03. The first-order valence-electron chi connectivity index (χ1n) is 13.0. The van der Waals surface area contributed by atoms with Crippen molar-refractivity contribution in [2.75, 3.05) is 18.6 Å². The van der Waals surface area contributed by atoms with Gasteiger partial charge in [0, 0.05) is 11.7 Å². The van der Waals surface area contributed by atoms with Crippen molar-refractivity contribution in [3.8, 4) is 23.0 Å². The van der Waals surface area contributed by atoms with Crippen LogP contribution in [0.3, 0.4) is 0 Å². The van der Waals surface area contributed by atoms with Crippen molar-refractivity contribution >= 4 is 17.5 Å². The highest BCUT2D eigenvalue weighted by Gasteiger charge is 2.39. The first-order valence-corrected chi connectivity index (χ1v) is 13.0. The van der Waals surface area contributed by atoms with Crippen LogP contribution in [0.15, 0.2) is 72.8 Å². The Bertz CT molecular complexity index is 1250. The van der Waals surface area contributed by atoms with Gasteiger partial charge in [-0.25, -0.2) is 0 Å². The van der Waals surface area contributed by atoms with E-state index in [2.05, 4.69) is 5.32 Å². The quantitative estimate of drug-likeness (QED) is 0.470. The summed E-state index contributed by atoms with van der Waals surface area (Å²) >= 11 is 0. The third kappa shape index (κ3) is 5.54. The maximum absolute atomic E-state index is 14.2. The number of nitrogens with one attached hydrogen (secondary N) is 1. The minimum Gasteiger partial charge on any atom is -0.508 e. The van der Waals surface area contributed by atoms with E-state index in [9.17, 15) is 14.7 Å². The standard InChI is InChI=1S/C30H32N2O6/c1-36-24-17-13-22(14-18-24)32(30(35)27-19-37-25-9-5-6-10-26(25)38-27)28(20-11-15-23(33)16-12-20)29(34)31-21-7-3-2-4-8-21/h5-6,9-18,21,27-28,33H,2-4,7-8,19H2,1H3,(H,31,34)/t27-,28-/m1/s1. The molecule has 1 saturated carbocycles. The maximum Gasteiger partial charge on any atom is 0.272 e. The van der Waals surface area contributed by atoms with E-state index in [0.717, 1.165) is 32.1 Å². The van der Waals surface area contributed by atoms with Crippen molar-refractivity contribution < 1.29 is 28.9 Å². The number of rotatable bonds is 7. The molecule has 8 heteroatoms. The number of amides is 2. The molecular weight excluding hydrogens is 484 g/mol. The SMILES string of the molecule is COc1ccc(N(C(=O)[C@H]2COc3ccccc3O2)[C@@H](C(=O)NC2CCCCC2)c2ccc(O)cc2)cc1. The summed E-state index contributed by atoms with van der Waals surface area (Å²) in [6.45, 7) is 0.00897. The number of para-hydroxylation sites is 2. The molecule has 1 fully saturated rings. The van der Waals surface area contributed by atoms with Crippen molar-refractivity contribution in [3.05, 3.63) is 78.4 Å². The molecule has 2 N–H and O–H groups in total. The number of carbonyl (C=O) groups excluding carboxylic acids is 2. The Morgan fingerprint density at radius 1 is 0.947 bits per heavy atom. The number of benzene rings is 3. The minimum absolute atomic E-state index is 0.00897. The van der Waals surface area contributed by atoms with E-state index >= 15 is 0 Å². The molecule has 2 atom stereocenters. The van der Waals surface area contributed by atoms with Gasteiger partial charge in [0.1, 0.15) is 24.1 Å². The second kappa shape index (κ2) is 11.5. The summed E-state index contributed by atoms with van der Waals surface area (Å²) in [6, 6.07) is 19.6. The zero-order valence-corrected chi connectivity index (χ0v) is 21.3. The number of anilines is 1. The lowest BCUT2D eigenvalue weighted by Crippen LogP contribution is -2.52. The van der Waals surface area contributed by atoms with Crippen LogP contribution in [0.25, 0.3) is 0 Å². The molecule has 0 unspecified atom stereocenters. The Morgan fingerprint density at radius 2 is 1.63 bits per heavy atom. The monoisotopic (exact) mass is 516 g/mol. The second-order valence-electron chi connectivity index (χ2n) is 9.61. The largest absolute Gasteiger partial charge is 0.508 e. The van der Waals surface area contributed by atoms with E-state index in [-0.39, 0.29) is 24.3 Å². The third-order valence-corrected chi connectivity index (χ3v) is 7.04. The van der Waals surface area contributed by atoms with Gasteiger partial charge in [0.25, 0.3) is 5.91 Å². The molecule has 3 aromatic carbocycles. The van der Waals surface area contributed by atoms with Gasteiger partial charge >= 0.3 is 0 Å². The van der Waals surface area contributed by atoms with E-state index in [1.165, 1.54) is 17.0 Å². The minimum atomic E-state index is -1.00. The van der Waals surface area contributed by atoms with Gasteiger partial charge in [-0.05, 0) is 66.9 Å². The van der Waals surface area contributed by atoms with E-state index in [1.807, 2.05) is 12.1 Å². The van der Waals surface area contributed by atoms with Crippen LogP contribution in [0.5, 0.6) is 23.0 Å². The van der Waals surface area contributed by atoms with Gasteiger partial charge in [-0.1, -0.05) is 43.5 Å². The summed E-state index contributed by atoms with van der Waals surface area (Å²) in [5.41, 5.74) is 1.08. The lowest BCUT2D eigenvalue weighted by atomic mass is 9.94. The number of ether oxygens (including phenoxy) is 3. The molecule has 0 spiro atoms. The highest BCUT2D eigenvalue weighted by atomic mass is 16.6. The first kappa shape index (κ1) is 25.4. The molecule has 0 saturated heterocycles. The van der Waals surface area contributed by atoms with E-state index < -0.39 is 18.1 Å². The van der Waals surface area contributed by atoms with Gasteiger partial charge in [0.2, 0.25) is 12.0 Å². The lowest BCUT2D eigenvalue weighted by Gasteiger charge is -2.36. The van der Waals surface area contributed by atoms with Crippen LogP contribution in [0.4, 0.5) is 5.69 Å². The molecule has 3 aromatic rings. The lowest BCUT2D eigenvalue weighted by molar-refractivity contribution is -0.132. The van der Waals surface area contributed by atoms with Crippen LogP contribution in [0.1, 0.15) is 43.7 Å². The van der Waals surface area contributed by atoms with Crippen LogP contribution in [-0.4, -0.2) is 42.8 Å². The highest BCUT2D eigenvalue weighted by Crippen LogP contribution is 2.35. The Balaban J connectivity index is 1.54. The number of carbonyl (C=O) groups is 2. The van der Waals surface area contributed by atoms with E-state index in [0.29, 0.717) is 28.5 Å². The Hall–Kier alpha value is -4.20. The van der Waals surface area contributed by atoms with Crippen LogP contribution < -0.4 is 24.4 Å². The third-order valence-electron chi connectivity index (χ3n) is 7.04. The molecule has 2 amide bonds. The van der Waals surface area contributed by atoms with Gasteiger partial charge in [-0.15, -0.1) is 0 Å². The molecule has 0 bridgehead atoms. The zero-order chi connectivity index (χ0) is 26.5. The number of hydrogen-bond acceptors (Lipinski definition) is 6. The van der Waals surface area contributed by atoms with Gasteiger partial charge in [0.05, 0.1) is 7.11 Å². The summed E-state index contributed by atoms with van der Waals surface area (Å²) in [7, 11) is 1.57. The molecular formula is C30H32N2O6. The summed E-state index contributed by atoms with van der Waals surface area (Å²) in [4.78, 5) is 29.6. The summed E-state index contributed by atoms with van der Waals surface area (Å²) in [6.07, 6.45) is 4.12. The number of hydrogen-bond donors (Lipinski definition) is 2. The molecule has 1 aliphatic heterocycles. The van der Waals surface area contributed by atoms with Crippen molar-refractivity contribution in [2.45, 2.75) is 50.3 Å². The Morgan fingerprint density at radius 3 is 2.32 bits per heavy atom. The number of aromatic hydroxyl groups is 1. The van der Waals surface area contributed by atoms with Crippen LogP contribution >= 0.6 is 0 Å². The fourth-order valence-corrected chi connectivity index (χ4v) is 5.04. The first-order chi connectivity index (χ1) is 18.5. The van der Waals surface area contributed by atoms with Gasteiger partial charge < -0.3 is 24.6 Å². The van der Waals surface area contributed by atoms with Crippen molar-refractivity contribution in [1.29, 1.82) is 0 Å². The number of nitrogens with zero attached hydrogens (tertiary/aromatic N) is 1. The topological polar surface area (TPSA) is 97.3 Å². The molecule has 1 heterocycles. The van der Waals surface area contributed by atoms with E-state index in [4.69, 9.17) is 14.2 Å². The molecule has 2 aliphatic rings. The molecule has 198 valence electrons. The van der Waals surface area contributed by atoms with Crippen LogP contribution in [0, 0.1) is 0 Å². The van der Waals surface area contributed by atoms with Crippen LogP contribution in [0.2, 0.25) is 0 Å². The molecule has 38 heavy (non-hydrogen) atoms. The van der Waals surface area contributed by atoms with Crippen molar-refractivity contribution in [1.82, 2.24) is 5.32 Å². The van der Waals surface area contributed by atoms with Crippen molar-refractivity contribution in [3.63, 3.8) is 0 Å². The second-order valence-corrected chi connectivity index (χ2v) is 9.61. The predicted octanol–water partition coefficient (Wildman–Crippen LogP) is 4.76. The summed E-state index contributed by atoms with van der Waals surface area (Å²) < 4.78 is 17.2. The van der Waals surface area contributed by atoms with Crippen LogP contribution in [-0.2, 0) is 9.59 Å². The number of phenols is 1. The normalized spacial score (nSPS) is 17.8. The predicted molar refractivity (Wildman–Crippen MR) is 143 cm³/mol. The Kier molecular flexibility index (Phi) is 7.67. The van der Waals surface area contributed by atoms with Crippen molar-refractivity contribution in [2.24, 2.45) is 0 Å². The molecule has 0 radical (unpaired) electrons. The number of fused-ring (bicyclic) bond motifs is 1. The Labute approximate surface area is 222 Å². The molecule has 0 aromatic heterocycles. The van der Waals surface area contributed by atoms with Gasteiger partial charge in [-0.3, -0.25) is 14.5 Å². The maximum atomic E-state index is 14.2.